The van der Waals surface area contributed by atoms with Crippen molar-refractivity contribution in [2.24, 2.45) is 0 Å². The highest BCUT2D eigenvalue weighted by Gasteiger charge is 2.23. The van der Waals surface area contributed by atoms with Gasteiger partial charge in [0.2, 0.25) is 5.82 Å². The van der Waals surface area contributed by atoms with Crippen LogP contribution >= 0.6 is 0 Å². The van der Waals surface area contributed by atoms with Crippen LogP contribution in [0.3, 0.4) is 0 Å². The van der Waals surface area contributed by atoms with Crippen LogP contribution in [0, 0.1) is 17.5 Å². The van der Waals surface area contributed by atoms with Crippen LogP contribution in [0.5, 0.6) is 5.75 Å². The molecule has 0 aliphatic heterocycles. The van der Waals surface area contributed by atoms with Gasteiger partial charge in [-0.25, -0.2) is 13.6 Å². The minimum absolute atomic E-state index is 0.0261. The Balaban J connectivity index is 1.84. The number of carbonyl (C=O) groups excluding carboxylic acids is 3. The van der Waals surface area contributed by atoms with Gasteiger partial charge in [-0.2, -0.15) is 4.39 Å². The fraction of sp³-hybridized carbons (Fsp3) is 0.300. The van der Waals surface area contributed by atoms with Gasteiger partial charge in [-0.1, -0.05) is 49.7 Å². The van der Waals surface area contributed by atoms with Crippen LogP contribution in [-0.2, 0) is 16.0 Å². The van der Waals surface area contributed by atoms with E-state index in [9.17, 15) is 27.6 Å². The molecule has 3 rings (SSSR count). The van der Waals surface area contributed by atoms with E-state index in [1.807, 2.05) is 24.3 Å². The van der Waals surface area contributed by atoms with Crippen molar-refractivity contribution in [1.29, 1.82) is 0 Å². The Kier molecular flexibility index (Phi) is 11.1. The van der Waals surface area contributed by atoms with Gasteiger partial charge in [-0.05, 0) is 41.7 Å². The molecule has 41 heavy (non-hydrogen) atoms. The van der Waals surface area contributed by atoms with Crippen LogP contribution in [0.2, 0.25) is 0 Å². The number of unbranched alkanes of at least 4 members (excludes halogenated alkanes) is 1. The molecule has 0 spiro atoms. The summed E-state index contributed by atoms with van der Waals surface area (Å²) in [6.07, 6.45) is 2.98. The summed E-state index contributed by atoms with van der Waals surface area (Å²) in [5.41, 5.74) is 2.00. The molecule has 11 heteroatoms. The zero-order chi connectivity index (χ0) is 29.9. The Morgan fingerprint density at radius 3 is 2.12 bits per heavy atom. The van der Waals surface area contributed by atoms with E-state index in [2.05, 4.69) is 32.3 Å². The molecule has 0 saturated heterocycles. The van der Waals surface area contributed by atoms with Gasteiger partial charge in [0.1, 0.15) is 0 Å². The van der Waals surface area contributed by atoms with E-state index in [-0.39, 0.29) is 13.0 Å². The number of aryl methyl sites for hydroxylation is 1. The fourth-order valence-corrected chi connectivity index (χ4v) is 4.07. The summed E-state index contributed by atoms with van der Waals surface area (Å²) < 4.78 is 51.8. The number of methoxy groups -OCH3 is 2. The fourth-order valence-electron chi connectivity index (χ4n) is 4.07. The quantitative estimate of drug-likeness (QED) is 0.192. The van der Waals surface area contributed by atoms with E-state index >= 15 is 0 Å². The van der Waals surface area contributed by atoms with E-state index < -0.39 is 52.8 Å². The van der Waals surface area contributed by atoms with Crippen molar-refractivity contribution in [3.05, 3.63) is 94.3 Å². The van der Waals surface area contributed by atoms with Gasteiger partial charge in [-0.15, -0.1) is 0 Å². The van der Waals surface area contributed by atoms with E-state index in [0.717, 1.165) is 31.9 Å². The lowest BCUT2D eigenvalue weighted by Gasteiger charge is -2.21. The first kappa shape index (κ1) is 31.0. The Hall–Kier alpha value is -4.54. The maximum absolute atomic E-state index is 14.5. The molecule has 0 radical (unpaired) electrons. The minimum Gasteiger partial charge on any atom is -0.491 e. The smallest absolute Gasteiger partial charge is 0.320 e. The molecule has 0 saturated carbocycles. The predicted molar refractivity (Wildman–Crippen MR) is 147 cm³/mol. The second-order valence-corrected chi connectivity index (χ2v) is 9.15. The molecule has 0 fully saturated rings. The highest BCUT2D eigenvalue weighted by Crippen LogP contribution is 2.30. The number of anilines is 1. The van der Waals surface area contributed by atoms with Crippen LogP contribution in [0.25, 0.3) is 0 Å². The molecule has 1 atom stereocenters. The van der Waals surface area contributed by atoms with Gasteiger partial charge in [0.05, 0.1) is 32.4 Å². The Bertz CT molecular complexity index is 1370. The standard InChI is InChI=1S/C30H32F3N3O5/c1-4-5-6-18-7-9-19(10-8-18)27(20-11-13-21(14-12-20)29(38)34-16-15-24(37)40-2)36-30(39)35-23-17-22(31)28(41-3)26(33)25(23)32/h7-14,17,27H,4-6,15-16H2,1-3H3,(H,34,38)(H2,35,36,39). The molecular weight excluding hydrogens is 539 g/mol. The van der Waals surface area contributed by atoms with Crippen LogP contribution < -0.4 is 20.7 Å². The molecule has 0 bridgehead atoms. The van der Waals surface area contributed by atoms with E-state index in [4.69, 9.17) is 0 Å². The third-order valence-corrected chi connectivity index (χ3v) is 6.32. The average Bonchev–Trinajstić information content (AvgIpc) is 2.98. The lowest BCUT2D eigenvalue weighted by atomic mass is 9.96. The molecule has 0 heterocycles. The van der Waals surface area contributed by atoms with Gasteiger partial charge in [0.15, 0.2) is 17.4 Å². The summed E-state index contributed by atoms with van der Waals surface area (Å²) in [5.74, 6) is -5.97. The number of amides is 3. The number of carbonyl (C=O) groups is 3. The summed E-state index contributed by atoms with van der Waals surface area (Å²) in [7, 11) is 2.26. The lowest BCUT2D eigenvalue weighted by Crippen LogP contribution is -2.33. The molecule has 3 aromatic rings. The number of hydrogen-bond acceptors (Lipinski definition) is 5. The van der Waals surface area contributed by atoms with Crippen molar-refractivity contribution in [2.45, 2.75) is 38.6 Å². The Labute approximate surface area is 236 Å². The molecule has 0 aromatic heterocycles. The maximum atomic E-state index is 14.5. The molecule has 8 nitrogen and oxygen atoms in total. The molecule has 3 amide bonds. The Morgan fingerprint density at radius 2 is 1.54 bits per heavy atom. The average molecular weight is 572 g/mol. The van der Waals surface area contributed by atoms with Crippen molar-refractivity contribution in [3.63, 3.8) is 0 Å². The monoisotopic (exact) mass is 571 g/mol. The number of benzene rings is 3. The zero-order valence-electron chi connectivity index (χ0n) is 23.0. The van der Waals surface area contributed by atoms with Crippen LogP contribution in [0.4, 0.5) is 23.7 Å². The number of urea groups is 1. The third-order valence-electron chi connectivity index (χ3n) is 6.32. The minimum atomic E-state index is -1.57. The number of nitrogens with one attached hydrogen (secondary N) is 3. The maximum Gasteiger partial charge on any atom is 0.320 e. The summed E-state index contributed by atoms with van der Waals surface area (Å²) in [6.45, 7) is 2.20. The molecule has 0 aliphatic rings. The SMILES string of the molecule is CCCCc1ccc(C(NC(=O)Nc2cc(F)c(OC)c(F)c2F)c2ccc(C(=O)NCCC(=O)OC)cc2)cc1. The van der Waals surface area contributed by atoms with E-state index in [1.54, 1.807) is 24.3 Å². The van der Waals surface area contributed by atoms with Gasteiger partial charge >= 0.3 is 12.0 Å². The summed E-state index contributed by atoms with van der Waals surface area (Å²) in [6, 6.07) is 12.9. The first-order valence-electron chi connectivity index (χ1n) is 13.0. The number of halogens is 3. The second kappa shape index (κ2) is 14.7. The number of ether oxygens (including phenoxy) is 2. The van der Waals surface area contributed by atoms with Gasteiger partial charge in [0, 0.05) is 18.2 Å². The lowest BCUT2D eigenvalue weighted by molar-refractivity contribution is -0.140. The zero-order valence-corrected chi connectivity index (χ0v) is 23.0. The third kappa shape index (κ3) is 8.23. The van der Waals surface area contributed by atoms with Gasteiger partial charge < -0.3 is 25.4 Å². The molecule has 1 unspecified atom stereocenters. The van der Waals surface area contributed by atoms with Crippen molar-refractivity contribution >= 4 is 23.6 Å². The topological polar surface area (TPSA) is 106 Å². The predicted octanol–water partition coefficient (Wildman–Crippen LogP) is 5.66. The van der Waals surface area contributed by atoms with E-state index in [0.29, 0.717) is 22.8 Å². The Morgan fingerprint density at radius 1 is 0.902 bits per heavy atom. The first-order chi connectivity index (χ1) is 19.7. The van der Waals surface area contributed by atoms with E-state index in [1.165, 1.54) is 7.11 Å². The summed E-state index contributed by atoms with van der Waals surface area (Å²) in [5, 5.41) is 7.49. The van der Waals surface area contributed by atoms with Gasteiger partial charge in [-0.3, -0.25) is 9.59 Å². The molecular formula is C30H32F3N3O5. The van der Waals surface area contributed by atoms with Crippen molar-refractivity contribution < 1.29 is 37.0 Å². The molecule has 218 valence electrons. The normalized spacial score (nSPS) is 11.4. The first-order valence-corrected chi connectivity index (χ1v) is 13.0. The molecule has 0 aliphatic carbocycles. The molecule has 3 N–H and O–H groups in total. The van der Waals surface area contributed by atoms with Crippen molar-refractivity contribution in [2.75, 3.05) is 26.1 Å². The summed E-state index contributed by atoms with van der Waals surface area (Å²) >= 11 is 0. The van der Waals surface area contributed by atoms with Crippen LogP contribution in [-0.4, -0.2) is 38.7 Å². The highest BCUT2D eigenvalue weighted by molar-refractivity contribution is 5.94. The summed E-state index contributed by atoms with van der Waals surface area (Å²) in [4.78, 5) is 36.6. The van der Waals surface area contributed by atoms with Crippen molar-refractivity contribution in [3.8, 4) is 5.75 Å². The van der Waals surface area contributed by atoms with Crippen LogP contribution in [0.15, 0.2) is 54.6 Å². The van der Waals surface area contributed by atoms with Gasteiger partial charge in [0.25, 0.3) is 5.91 Å². The van der Waals surface area contributed by atoms with Crippen molar-refractivity contribution in [1.82, 2.24) is 10.6 Å². The second-order valence-electron chi connectivity index (χ2n) is 9.15. The number of hydrogen-bond donors (Lipinski definition) is 3. The molecule has 3 aromatic carbocycles. The number of rotatable bonds is 12. The van der Waals surface area contributed by atoms with Crippen LogP contribution in [0.1, 0.15) is 59.3 Å². The highest BCUT2D eigenvalue weighted by atomic mass is 19.2. The number of esters is 1. The largest absolute Gasteiger partial charge is 0.491 e.